The molecule has 2 fully saturated rings. The number of carbonyl (C=O) groups excluding carboxylic acids is 4. The van der Waals surface area contributed by atoms with Crippen LogP contribution < -0.4 is 5.32 Å². The van der Waals surface area contributed by atoms with Crippen LogP contribution in [0.15, 0.2) is 79.1 Å². The average molecular weight is 818 g/mol. The van der Waals surface area contributed by atoms with Crippen molar-refractivity contribution in [2.75, 3.05) is 11.9 Å². The van der Waals surface area contributed by atoms with Gasteiger partial charge in [0.15, 0.2) is 24.6 Å². The highest BCUT2D eigenvalue weighted by Crippen LogP contribution is 2.43. The molecule has 16 heteroatoms. The maximum absolute atomic E-state index is 12.3. The van der Waals surface area contributed by atoms with Gasteiger partial charge in [-0.15, -0.1) is 0 Å². The first-order valence-corrected chi connectivity index (χ1v) is 19.3. The van der Waals surface area contributed by atoms with Gasteiger partial charge in [-0.3, -0.25) is 19.2 Å². The molecule has 0 bridgehead atoms. The van der Waals surface area contributed by atoms with Crippen LogP contribution in [0, 0.1) is 5.92 Å². The summed E-state index contributed by atoms with van der Waals surface area (Å²) in [5.74, 6) is -2.84. The Hall–Kier alpha value is -5.26. The van der Waals surface area contributed by atoms with Crippen LogP contribution in [-0.4, -0.2) is 86.8 Å². The lowest BCUT2D eigenvalue weighted by atomic mass is 9.90. The van der Waals surface area contributed by atoms with Crippen LogP contribution in [0.2, 0.25) is 0 Å². The number of benzene rings is 3. The zero-order valence-corrected chi connectivity index (χ0v) is 33.6. The summed E-state index contributed by atoms with van der Waals surface area (Å²) >= 11 is 5.79. The number of thiocarbonyl (C=S) groups is 1. The zero-order chi connectivity index (χ0) is 41.5. The third kappa shape index (κ3) is 10.4. The first-order valence-electron chi connectivity index (χ1n) is 18.9. The molecule has 0 spiro atoms. The summed E-state index contributed by atoms with van der Waals surface area (Å²) in [5, 5.41) is 12.9. The molecule has 0 saturated carbocycles. The third-order valence-corrected chi connectivity index (χ3v) is 10.2. The molecule has 3 heterocycles. The normalized spacial score (nSPS) is 25.7. The van der Waals surface area contributed by atoms with Crippen molar-refractivity contribution in [2.24, 2.45) is 5.92 Å². The van der Waals surface area contributed by atoms with E-state index in [1.807, 2.05) is 79.1 Å². The van der Waals surface area contributed by atoms with E-state index in [0.29, 0.717) is 17.8 Å². The van der Waals surface area contributed by atoms with Gasteiger partial charge < -0.3 is 48.1 Å². The number of para-hydroxylation sites is 2. The predicted octanol–water partition coefficient (Wildman–Crippen LogP) is 5.28. The van der Waals surface area contributed by atoms with Crippen LogP contribution in [0.25, 0.3) is 11.0 Å². The third-order valence-electron chi connectivity index (χ3n) is 9.94. The molecule has 1 aromatic heterocycles. The second kappa shape index (κ2) is 19.0. The summed E-state index contributed by atoms with van der Waals surface area (Å²) in [6.45, 7) is 6.91. The standard InChI is InChI=1S/C42H47N3O12S/c1-23-35(19-45-22-43-32-11-6-7-12-33(32)45)56-42(57-38(23)29-15-13-28(20-46)14-16-29)30-9-8-10-31(17-30)44-37(58)18-34-39(52-25(3)48)41(54-27(5)50)40(53-26(4)49)36(55-34)21-51-24(2)47/h6-17,22-23,34-36,38-42,46H,18-21H2,1-5H3,(H,44,58)/t23-,34-,35+,36+,38+,39-,40+,41+,42?/m0/s1. The number of esters is 4. The summed E-state index contributed by atoms with van der Waals surface area (Å²) in [7, 11) is 0. The average Bonchev–Trinajstić information content (AvgIpc) is 3.59. The highest BCUT2D eigenvalue weighted by Gasteiger charge is 2.52. The Kier molecular flexibility index (Phi) is 13.9. The number of carbonyl (C=O) groups is 4. The number of imidazole rings is 1. The zero-order valence-electron chi connectivity index (χ0n) is 32.8. The van der Waals surface area contributed by atoms with E-state index in [-0.39, 0.29) is 42.7 Å². The number of aromatic nitrogens is 2. The van der Waals surface area contributed by atoms with Crippen LogP contribution in [-0.2, 0) is 65.5 Å². The van der Waals surface area contributed by atoms with Gasteiger partial charge in [0, 0.05) is 51.3 Å². The molecule has 4 aromatic rings. The molecule has 58 heavy (non-hydrogen) atoms. The predicted molar refractivity (Wildman–Crippen MR) is 212 cm³/mol. The molecule has 2 aliphatic heterocycles. The number of hydrogen-bond donors (Lipinski definition) is 2. The van der Waals surface area contributed by atoms with Gasteiger partial charge in [0.25, 0.3) is 0 Å². The van der Waals surface area contributed by atoms with Crippen LogP contribution in [0.3, 0.4) is 0 Å². The molecule has 2 aliphatic rings. The molecule has 1 unspecified atom stereocenters. The molecule has 2 N–H and O–H groups in total. The number of hydrogen-bond acceptors (Lipinski definition) is 14. The lowest BCUT2D eigenvalue weighted by molar-refractivity contribution is -0.276. The van der Waals surface area contributed by atoms with Crippen molar-refractivity contribution in [1.82, 2.24) is 9.55 Å². The van der Waals surface area contributed by atoms with Gasteiger partial charge >= 0.3 is 23.9 Å². The van der Waals surface area contributed by atoms with Gasteiger partial charge in [-0.1, -0.05) is 67.7 Å². The number of fused-ring (bicyclic) bond motifs is 1. The Morgan fingerprint density at radius 1 is 0.776 bits per heavy atom. The minimum absolute atomic E-state index is 0.0422. The van der Waals surface area contributed by atoms with Gasteiger partial charge in [0.05, 0.1) is 47.7 Å². The Labute approximate surface area is 340 Å². The SMILES string of the molecule is CC(=O)OC[C@H]1O[C@@H](CC(=S)Nc2cccc(C3O[C@H](Cn4cnc5ccccc54)[C@H](C)[C@H](c4ccc(CO)cc4)O3)c2)[C@H](OC(C)=O)[C@@H](OC(C)=O)[C@@H]1OC(C)=O. The molecular formula is C42H47N3O12S. The van der Waals surface area contributed by atoms with E-state index in [1.54, 1.807) is 0 Å². The molecule has 2 saturated heterocycles. The Morgan fingerprint density at radius 2 is 1.45 bits per heavy atom. The molecule has 9 atom stereocenters. The van der Waals surface area contributed by atoms with Crippen molar-refractivity contribution in [3.05, 3.63) is 95.8 Å². The largest absolute Gasteiger partial charge is 0.463 e. The number of nitrogens with one attached hydrogen (secondary N) is 1. The molecule has 3 aromatic carbocycles. The minimum atomic E-state index is -1.31. The van der Waals surface area contributed by atoms with Crippen LogP contribution in [0.5, 0.6) is 0 Å². The second-order valence-electron chi connectivity index (χ2n) is 14.3. The van der Waals surface area contributed by atoms with Crippen molar-refractivity contribution in [2.45, 2.75) is 103 Å². The van der Waals surface area contributed by atoms with Gasteiger partial charge in [-0.25, -0.2) is 4.98 Å². The minimum Gasteiger partial charge on any atom is -0.463 e. The number of ether oxygens (including phenoxy) is 7. The Bertz CT molecular complexity index is 2110. The van der Waals surface area contributed by atoms with Crippen molar-refractivity contribution in [1.29, 1.82) is 0 Å². The fraction of sp³-hybridized carbons (Fsp3) is 0.429. The van der Waals surface area contributed by atoms with E-state index in [9.17, 15) is 24.3 Å². The Balaban J connectivity index is 1.24. The summed E-state index contributed by atoms with van der Waals surface area (Å²) in [4.78, 5) is 53.3. The van der Waals surface area contributed by atoms with Gasteiger partial charge in [-0.05, 0) is 35.4 Å². The smallest absolute Gasteiger partial charge is 0.303 e. The molecular weight excluding hydrogens is 771 g/mol. The first-order chi connectivity index (χ1) is 27.8. The van der Waals surface area contributed by atoms with Gasteiger partial charge in [0.2, 0.25) is 0 Å². The Morgan fingerprint density at radius 3 is 2.12 bits per heavy atom. The number of aliphatic hydroxyl groups excluding tert-OH is 1. The van der Waals surface area contributed by atoms with E-state index < -0.39 is 60.7 Å². The van der Waals surface area contributed by atoms with Crippen molar-refractivity contribution in [3.63, 3.8) is 0 Å². The molecule has 308 valence electrons. The first kappa shape index (κ1) is 42.3. The van der Waals surface area contributed by atoms with Crippen molar-refractivity contribution < 1.29 is 57.4 Å². The maximum atomic E-state index is 12.3. The number of nitrogens with zero attached hydrogens (tertiary/aromatic N) is 2. The number of anilines is 1. The maximum Gasteiger partial charge on any atom is 0.303 e. The fourth-order valence-corrected chi connectivity index (χ4v) is 7.60. The molecule has 0 amide bonds. The lowest BCUT2D eigenvalue weighted by Gasteiger charge is -2.44. The summed E-state index contributed by atoms with van der Waals surface area (Å²) in [6, 6.07) is 23.0. The van der Waals surface area contributed by atoms with Crippen LogP contribution in [0.4, 0.5) is 5.69 Å². The topological polar surface area (TPSA) is 183 Å². The number of rotatable bonds is 13. The fourth-order valence-electron chi connectivity index (χ4n) is 7.32. The molecule has 6 rings (SSSR count). The van der Waals surface area contributed by atoms with E-state index in [1.165, 1.54) is 13.8 Å². The van der Waals surface area contributed by atoms with Gasteiger partial charge in [-0.2, -0.15) is 0 Å². The highest BCUT2D eigenvalue weighted by molar-refractivity contribution is 7.80. The monoisotopic (exact) mass is 817 g/mol. The van der Waals surface area contributed by atoms with Crippen LogP contribution >= 0.6 is 12.2 Å². The highest BCUT2D eigenvalue weighted by atomic mass is 32.1. The van der Waals surface area contributed by atoms with Gasteiger partial charge in [0.1, 0.15) is 18.8 Å². The number of aliphatic hydroxyl groups is 1. The van der Waals surface area contributed by atoms with Crippen LogP contribution in [0.1, 0.15) is 70.1 Å². The summed E-state index contributed by atoms with van der Waals surface area (Å²) < 4.78 is 43.6. The molecule has 0 aliphatic carbocycles. The van der Waals surface area contributed by atoms with E-state index in [2.05, 4.69) is 21.8 Å². The lowest BCUT2D eigenvalue weighted by Crippen LogP contribution is -2.62. The second-order valence-corrected chi connectivity index (χ2v) is 14.8. The quantitative estimate of drug-likeness (QED) is 0.101. The summed E-state index contributed by atoms with van der Waals surface area (Å²) in [5.41, 5.74) is 4.92. The van der Waals surface area contributed by atoms with E-state index in [0.717, 1.165) is 36.0 Å². The molecule has 15 nitrogen and oxygen atoms in total. The molecule has 0 radical (unpaired) electrons. The summed E-state index contributed by atoms with van der Waals surface area (Å²) in [6.07, 6.45) is -5.60. The van der Waals surface area contributed by atoms with Crippen molar-refractivity contribution >= 4 is 57.8 Å². The van der Waals surface area contributed by atoms with E-state index in [4.69, 9.17) is 45.4 Å². The van der Waals surface area contributed by atoms with Crippen molar-refractivity contribution in [3.8, 4) is 0 Å². The van der Waals surface area contributed by atoms with E-state index >= 15 is 0 Å².